The molecular formula is C19H18N4O2. The highest BCUT2D eigenvalue weighted by molar-refractivity contribution is 5.99. The Morgan fingerprint density at radius 3 is 2.88 bits per heavy atom. The largest absolute Gasteiger partial charge is 0.471 e. The summed E-state index contributed by atoms with van der Waals surface area (Å²) < 4.78 is 6.00. The number of hydrogen-bond acceptors (Lipinski definition) is 4. The molecule has 0 atom stereocenters. The number of aromatic amines is 1. The predicted octanol–water partition coefficient (Wildman–Crippen LogP) is 2.84. The molecule has 6 heteroatoms. The van der Waals surface area contributed by atoms with Crippen molar-refractivity contribution in [2.45, 2.75) is 31.8 Å². The number of H-pyrrole nitrogens is 1. The fourth-order valence-electron chi connectivity index (χ4n) is 3.25. The third-order valence-corrected chi connectivity index (χ3v) is 4.96. The van der Waals surface area contributed by atoms with Crippen LogP contribution in [0, 0.1) is 0 Å². The number of carbonyl (C=O) groups is 1. The van der Waals surface area contributed by atoms with E-state index in [2.05, 4.69) is 22.2 Å². The number of fused-ring (bicyclic) bond motifs is 2. The Morgan fingerprint density at radius 2 is 2.08 bits per heavy atom. The average Bonchev–Trinajstić information content (AvgIpc) is 3.17. The van der Waals surface area contributed by atoms with Crippen molar-refractivity contribution in [1.82, 2.24) is 20.3 Å². The number of hydrogen-bond donors (Lipinski definition) is 2. The molecule has 1 saturated carbocycles. The van der Waals surface area contributed by atoms with Crippen molar-refractivity contribution in [1.29, 1.82) is 0 Å². The second-order valence-corrected chi connectivity index (χ2v) is 7.01. The molecule has 0 radical (unpaired) electrons. The van der Waals surface area contributed by atoms with Gasteiger partial charge in [0, 0.05) is 42.2 Å². The second-order valence-electron chi connectivity index (χ2n) is 7.01. The number of nitrogens with one attached hydrogen (secondary N) is 2. The summed E-state index contributed by atoms with van der Waals surface area (Å²) in [6, 6.07) is 7.63. The SMILES string of the molecule is CC1(Oc2ccc3nccc(-c4cc5c([nH]4)CCNC5=O)c3n2)CC1. The molecule has 126 valence electrons. The lowest BCUT2D eigenvalue weighted by atomic mass is 10.1. The van der Waals surface area contributed by atoms with Gasteiger partial charge in [0.25, 0.3) is 5.91 Å². The van der Waals surface area contributed by atoms with Crippen LogP contribution in [0.3, 0.4) is 0 Å². The quantitative estimate of drug-likeness (QED) is 0.772. The zero-order valence-corrected chi connectivity index (χ0v) is 13.9. The summed E-state index contributed by atoms with van der Waals surface area (Å²) in [6.07, 6.45) is 4.70. The Bertz CT molecular complexity index is 1000. The van der Waals surface area contributed by atoms with Gasteiger partial charge >= 0.3 is 0 Å². The normalized spacial score (nSPS) is 17.9. The Balaban J connectivity index is 1.63. The third-order valence-electron chi connectivity index (χ3n) is 4.96. The Kier molecular flexibility index (Phi) is 2.92. The van der Waals surface area contributed by atoms with Gasteiger partial charge in [-0.15, -0.1) is 0 Å². The zero-order chi connectivity index (χ0) is 17.0. The van der Waals surface area contributed by atoms with Crippen LogP contribution in [0.1, 0.15) is 35.8 Å². The van der Waals surface area contributed by atoms with Crippen LogP contribution >= 0.6 is 0 Å². The van der Waals surface area contributed by atoms with E-state index >= 15 is 0 Å². The van der Waals surface area contributed by atoms with Gasteiger partial charge in [0.15, 0.2) is 0 Å². The summed E-state index contributed by atoms with van der Waals surface area (Å²) in [4.78, 5) is 24.5. The van der Waals surface area contributed by atoms with E-state index < -0.39 is 0 Å². The topological polar surface area (TPSA) is 79.9 Å². The minimum Gasteiger partial charge on any atom is -0.471 e. The number of nitrogens with zero attached hydrogens (tertiary/aromatic N) is 2. The highest BCUT2D eigenvalue weighted by Gasteiger charge is 2.40. The third kappa shape index (κ3) is 2.45. The summed E-state index contributed by atoms with van der Waals surface area (Å²) in [5, 5.41) is 2.88. The number of ether oxygens (including phenoxy) is 1. The Hall–Kier alpha value is -2.89. The first-order valence-electron chi connectivity index (χ1n) is 8.57. The fraction of sp³-hybridized carbons (Fsp3) is 0.316. The van der Waals surface area contributed by atoms with Crippen molar-refractivity contribution in [3.8, 4) is 17.1 Å². The van der Waals surface area contributed by atoms with Crippen molar-refractivity contribution in [3.63, 3.8) is 0 Å². The molecular weight excluding hydrogens is 316 g/mol. The minimum absolute atomic E-state index is 0.0271. The van der Waals surface area contributed by atoms with Gasteiger partial charge in [-0.2, -0.15) is 0 Å². The first-order valence-corrected chi connectivity index (χ1v) is 8.57. The van der Waals surface area contributed by atoms with Crippen LogP contribution in [0.25, 0.3) is 22.3 Å². The van der Waals surface area contributed by atoms with Gasteiger partial charge in [-0.25, -0.2) is 4.98 Å². The molecule has 3 aromatic heterocycles. The fourth-order valence-corrected chi connectivity index (χ4v) is 3.25. The predicted molar refractivity (Wildman–Crippen MR) is 93.6 cm³/mol. The lowest BCUT2D eigenvalue weighted by Gasteiger charge is -2.12. The van der Waals surface area contributed by atoms with Crippen molar-refractivity contribution in [2.24, 2.45) is 0 Å². The van der Waals surface area contributed by atoms with Crippen molar-refractivity contribution < 1.29 is 9.53 Å². The van der Waals surface area contributed by atoms with Crippen molar-refractivity contribution in [3.05, 3.63) is 41.7 Å². The number of amides is 1. The standard InChI is InChI=1S/C19H18N4O2/c1-19(6-7-19)25-16-3-2-14-17(23-16)11(4-8-20-14)15-10-12-13(22-15)5-9-21-18(12)24/h2-4,8,10,22H,5-7,9H2,1H3,(H,21,24). The lowest BCUT2D eigenvalue weighted by Crippen LogP contribution is -2.31. The number of rotatable bonds is 3. The Morgan fingerprint density at radius 1 is 1.20 bits per heavy atom. The molecule has 0 bridgehead atoms. The monoisotopic (exact) mass is 334 g/mol. The van der Waals surface area contributed by atoms with Crippen molar-refractivity contribution >= 4 is 16.9 Å². The smallest absolute Gasteiger partial charge is 0.253 e. The van der Waals surface area contributed by atoms with Crippen molar-refractivity contribution in [2.75, 3.05) is 6.54 Å². The minimum atomic E-state index is -0.0767. The van der Waals surface area contributed by atoms with Gasteiger partial charge in [0.2, 0.25) is 5.88 Å². The summed E-state index contributed by atoms with van der Waals surface area (Å²) in [5.41, 5.74) is 5.01. The van der Waals surface area contributed by atoms with Gasteiger partial charge in [0.05, 0.1) is 11.1 Å². The van der Waals surface area contributed by atoms with E-state index in [1.165, 1.54) is 0 Å². The van der Waals surface area contributed by atoms with E-state index in [4.69, 9.17) is 9.72 Å². The molecule has 2 aliphatic rings. The molecule has 2 N–H and O–H groups in total. The van der Waals surface area contributed by atoms with Crippen LogP contribution in [-0.4, -0.2) is 33.0 Å². The van der Waals surface area contributed by atoms with E-state index in [-0.39, 0.29) is 11.5 Å². The van der Waals surface area contributed by atoms with E-state index in [9.17, 15) is 4.79 Å². The van der Waals surface area contributed by atoms with E-state index in [0.29, 0.717) is 18.0 Å². The van der Waals surface area contributed by atoms with Crippen LogP contribution in [0.4, 0.5) is 0 Å². The van der Waals surface area contributed by atoms with Gasteiger partial charge in [0.1, 0.15) is 11.1 Å². The average molecular weight is 334 g/mol. The molecule has 1 fully saturated rings. The van der Waals surface area contributed by atoms with Crippen LogP contribution in [-0.2, 0) is 6.42 Å². The van der Waals surface area contributed by atoms with Gasteiger partial charge in [-0.3, -0.25) is 9.78 Å². The molecule has 0 aromatic carbocycles. The first-order chi connectivity index (χ1) is 12.1. The van der Waals surface area contributed by atoms with E-state index in [0.717, 1.165) is 47.2 Å². The molecule has 3 aromatic rings. The van der Waals surface area contributed by atoms with E-state index in [1.54, 1.807) is 6.20 Å². The first kappa shape index (κ1) is 14.5. The maximum Gasteiger partial charge on any atom is 0.253 e. The number of pyridine rings is 2. The van der Waals surface area contributed by atoms with Gasteiger partial charge in [-0.05, 0) is 38.0 Å². The summed E-state index contributed by atoms with van der Waals surface area (Å²) in [7, 11) is 0. The molecule has 5 rings (SSSR count). The maximum absolute atomic E-state index is 12.0. The summed E-state index contributed by atoms with van der Waals surface area (Å²) in [5.74, 6) is 0.594. The highest BCUT2D eigenvalue weighted by Crippen LogP contribution is 2.39. The molecule has 4 heterocycles. The number of carbonyl (C=O) groups excluding carboxylic acids is 1. The molecule has 6 nitrogen and oxygen atoms in total. The molecule has 1 aliphatic carbocycles. The molecule has 0 unspecified atom stereocenters. The van der Waals surface area contributed by atoms with Crippen LogP contribution in [0.2, 0.25) is 0 Å². The molecule has 0 spiro atoms. The highest BCUT2D eigenvalue weighted by atomic mass is 16.5. The van der Waals surface area contributed by atoms with Crippen LogP contribution in [0.5, 0.6) is 5.88 Å². The van der Waals surface area contributed by atoms with Crippen LogP contribution < -0.4 is 10.1 Å². The molecule has 0 saturated heterocycles. The number of aromatic nitrogens is 3. The molecule has 1 amide bonds. The molecule has 25 heavy (non-hydrogen) atoms. The maximum atomic E-state index is 12.0. The summed E-state index contributed by atoms with van der Waals surface area (Å²) in [6.45, 7) is 2.76. The molecule has 1 aliphatic heterocycles. The van der Waals surface area contributed by atoms with Gasteiger partial charge < -0.3 is 15.0 Å². The van der Waals surface area contributed by atoms with E-state index in [1.807, 2.05) is 24.3 Å². The Labute approximate surface area is 144 Å². The lowest BCUT2D eigenvalue weighted by molar-refractivity contribution is 0.0946. The zero-order valence-electron chi connectivity index (χ0n) is 13.9. The van der Waals surface area contributed by atoms with Gasteiger partial charge in [-0.1, -0.05) is 0 Å². The second kappa shape index (κ2) is 5.05. The summed E-state index contributed by atoms with van der Waals surface area (Å²) >= 11 is 0. The van der Waals surface area contributed by atoms with Crippen LogP contribution in [0.15, 0.2) is 30.5 Å².